The lowest BCUT2D eigenvalue weighted by molar-refractivity contribution is -0.149. The van der Waals surface area contributed by atoms with E-state index in [9.17, 15) is 32.0 Å². The molecule has 1 unspecified atom stereocenters. The fourth-order valence-electron chi connectivity index (χ4n) is 4.41. The highest BCUT2D eigenvalue weighted by Crippen LogP contribution is 2.44. The number of carbonyl (C=O) groups excluding carboxylic acids is 1. The molecule has 1 aromatic heterocycles. The fraction of sp³-hybridized carbons (Fsp3) is 0.435. The van der Waals surface area contributed by atoms with Crippen LogP contribution in [0.25, 0.3) is 0 Å². The average Bonchev–Trinajstić information content (AvgIpc) is 3.37. The number of amides is 1. The van der Waals surface area contributed by atoms with E-state index >= 15 is 0 Å². The van der Waals surface area contributed by atoms with Crippen LogP contribution in [0.15, 0.2) is 22.1 Å². The van der Waals surface area contributed by atoms with Crippen molar-refractivity contribution in [1.82, 2.24) is 15.5 Å². The van der Waals surface area contributed by atoms with Gasteiger partial charge in [0.05, 0.1) is 40.4 Å². The number of rotatable bonds is 6. The second-order valence-corrected chi connectivity index (χ2v) is 9.05. The van der Waals surface area contributed by atoms with Crippen LogP contribution < -0.4 is 10.2 Å². The largest absolute Gasteiger partial charge is 0.408 e. The molecule has 0 radical (unpaired) electrons. The molecule has 1 fully saturated rings. The molecule has 36 heavy (non-hydrogen) atoms. The minimum atomic E-state index is -4.73. The summed E-state index contributed by atoms with van der Waals surface area (Å²) in [5.74, 6) is -3.52. The third-order valence-electron chi connectivity index (χ3n) is 6.43. The Hall–Kier alpha value is -3.82. The fourth-order valence-corrected chi connectivity index (χ4v) is 4.41. The predicted octanol–water partition coefficient (Wildman–Crippen LogP) is 3.61. The number of H-pyrrole nitrogens is 1. The number of alkyl halides is 3. The van der Waals surface area contributed by atoms with Gasteiger partial charge in [-0.1, -0.05) is 0 Å². The van der Waals surface area contributed by atoms with E-state index in [0.717, 1.165) is 23.0 Å². The maximum absolute atomic E-state index is 14.8. The van der Waals surface area contributed by atoms with Crippen molar-refractivity contribution in [2.45, 2.75) is 45.6 Å². The number of nitrogens with one attached hydrogen (secondary N) is 2. The van der Waals surface area contributed by atoms with Gasteiger partial charge in [0.2, 0.25) is 0 Å². The third kappa shape index (κ3) is 4.43. The van der Waals surface area contributed by atoms with Crippen molar-refractivity contribution >= 4 is 23.5 Å². The van der Waals surface area contributed by atoms with Crippen LogP contribution in [0.5, 0.6) is 0 Å². The van der Waals surface area contributed by atoms with Crippen LogP contribution in [-0.2, 0) is 0 Å². The third-order valence-corrected chi connectivity index (χ3v) is 6.43. The van der Waals surface area contributed by atoms with Gasteiger partial charge in [-0.15, -0.1) is 0 Å². The lowest BCUT2D eigenvalue weighted by Crippen LogP contribution is -2.61. The molecule has 0 aliphatic carbocycles. The van der Waals surface area contributed by atoms with Crippen molar-refractivity contribution in [2.24, 2.45) is 15.4 Å². The summed E-state index contributed by atoms with van der Waals surface area (Å²) in [6.45, 7) is 4.64. The van der Waals surface area contributed by atoms with E-state index < -0.39 is 46.9 Å². The summed E-state index contributed by atoms with van der Waals surface area (Å²) in [5, 5.41) is 18.0. The molecule has 2 aliphatic rings. The molecule has 8 nitrogen and oxygen atoms in total. The molecule has 3 heterocycles. The molecule has 4 rings (SSSR count). The number of anilines is 1. The van der Waals surface area contributed by atoms with Crippen LogP contribution in [-0.4, -0.2) is 59.5 Å². The Balaban J connectivity index is 1.53. The van der Waals surface area contributed by atoms with E-state index in [1.165, 1.54) is 4.90 Å². The maximum Gasteiger partial charge on any atom is 0.408 e. The zero-order valence-electron chi connectivity index (χ0n) is 19.5. The minimum Gasteiger partial charge on any atom is -0.367 e. The number of aliphatic imine (C=N–C) groups is 2. The van der Waals surface area contributed by atoms with Gasteiger partial charge in [0, 0.05) is 36.8 Å². The van der Waals surface area contributed by atoms with Crippen molar-refractivity contribution in [3.05, 3.63) is 46.3 Å². The molecule has 0 spiro atoms. The Labute approximate surface area is 202 Å². The quantitative estimate of drug-likeness (QED) is 0.583. The molecule has 2 aromatic rings. The molecule has 1 aromatic carbocycles. The highest BCUT2D eigenvalue weighted by molar-refractivity contribution is 6.39. The van der Waals surface area contributed by atoms with Gasteiger partial charge in [-0.25, -0.2) is 8.78 Å². The first-order chi connectivity index (χ1) is 16.9. The molecule has 2 atom stereocenters. The minimum absolute atomic E-state index is 0.0611. The van der Waals surface area contributed by atoms with Gasteiger partial charge in [0.1, 0.15) is 23.8 Å². The van der Waals surface area contributed by atoms with Crippen LogP contribution >= 0.6 is 0 Å². The molecule has 190 valence electrons. The van der Waals surface area contributed by atoms with Crippen LogP contribution in [0.3, 0.4) is 0 Å². The average molecular weight is 507 g/mol. The number of benzene rings is 1. The Morgan fingerprint density at radius 1 is 1.31 bits per heavy atom. The van der Waals surface area contributed by atoms with Crippen LogP contribution in [0.4, 0.5) is 27.6 Å². The molecule has 0 saturated carbocycles. The molecular formula is C23H22F5N7O. The number of hydrogen-bond donors (Lipinski definition) is 2. The van der Waals surface area contributed by atoms with E-state index in [2.05, 4.69) is 26.3 Å². The normalized spacial score (nSPS) is 19.5. The highest BCUT2D eigenvalue weighted by Gasteiger charge is 2.51. The first kappa shape index (κ1) is 25.3. The van der Waals surface area contributed by atoms with Gasteiger partial charge in [0.25, 0.3) is 5.91 Å². The van der Waals surface area contributed by atoms with E-state index in [1.54, 1.807) is 11.5 Å². The zero-order chi connectivity index (χ0) is 26.4. The second-order valence-electron chi connectivity index (χ2n) is 9.05. The Morgan fingerprint density at radius 3 is 2.58 bits per heavy atom. The molecule has 2 aliphatic heterocycles. The highest BCUT2D eigenvalue weighted by atomic mass is 19.4. The van der Waals surface area contributed by atoms with Crippen LogP contribution in [0.1, 0.15) is 40.7 Å². The topological polar surface area (TPSA) is 110 Å². The number of aromatic amines is 1. The number of hydrogen-bond acceptors (Lipinski definition) is 6. The monoisotopic (exact) mass is 507 g/mol. The lowest BCUT2D eigenvalue weighted by Gasteiger charge is -2.51. The Bertz CT molecular complexity index is 1280. The van der Waals surface area contributed by atoms with Crippen molar-refractivity contribution in [1.29, 1.82) is 5.26 Å². The Morgan fingerprint density at radius 2 is 2.00 bits per heavy atom. The molecule has 1 amide bonds. The SMILES string of the molecule is Cc1n[nH]c(C)c1C1=NC(C2(CC#N)CN(c3cc(F)c(C(=O)N[C@@H](C)C(F)(F)F)cc3F)C2)N=C1. The van der Waals surface area contributed by atoms with Crippen molar-refractivity contribution in [2.75, 3.05) is 18.0 Å². The van der Waals surface area contributed by atoms with E-state index in [4.69, 9.17) is 0 Å². The summed E-state index contributed by atoms with van der Waals surface area (Å²) in [5.41, 5.74) is 1.22. The summed E-state index contributed by atoms with van der Waals surface area (Å²) in [6, 6.07) is 1.21. The summed E-state index contributed by atoms with van der Waals surface area (Å²) in [4.78, 5) is 22.7. The van der Waals surface area contributed by atoms with Gasteiger partial charge in [-0.05, 0) is 26.8 Å². The van der Waals surface area contributed by atoms with Crippen LogP contribution in [0.2, 0.25) is 0 Å². The van der Waals surface area contributed by atoms with Crippen LogP contribution in [0, 0.1) is 42.2 Å². The van der Waals surface area contributed by atoms with Crippen molar-refractivity contribution < 1.29 is 26.7 Å². The molecule has 1 saturated heterocycles. The molecule has 13 heteroatoms. The van der Waals surface area contributed by atoms with Gasteiger partial charge in [-0.3, -0.25) is 19.9 Å². The van der Waals surface area contributed by atoms with E-state index in [0.29, 0.717) is 18.7 Å². The number of nitriles is 1. The number of aromatic nitrogens is 2. The second kappa shape index (κ2) is 9.00. The number of nitrogens with zero attached hydrogens (tertiary/aromatic N) is 5. The van der Waals surface area contributed by atoms with Gasteiger partial charge in [-0.2, -0.15) is 23.5 Å². The van der Waals surface area contributed by atoms with E-state index in [1.807, 2.05) is 13.8 Å². The predicted molar refractivity (Wildman–Crippen MR) is 121 cm³/mol. The molecular weight excluding hydrogens is 485 g/mol. The number of halogens is 5. The van der Waals surface area contributed by atoms with Crippen molar-refractivity contribution in [3.8, 4) is 6.07 Å². The maximum atomic E-state index is 14.8. The molecule has 2 N–H and O–H groups in total. The smallest absolute Gasteiger partial charge is 0.367 e. The molecule has 0 bridgehead atoms. The van der Waals surface area contributed by atoms with Gasteiger partial charge >= 0.3 is 6.18 Å². The van der Waals surface area contributed by atoms with Gasteiger partial charge < -0.3 is 10.2 Å². The summed E-state index contributed by atoms with van der Waals surface area (Å²) in [7, 11) is 0. The first-order valence-electron chi connectivity index (χ1n) is 11.0. The standard InChI is InChI=1S/C23H22F5N7O/c1-11-19(12(2)34-33-11)17-8-30-21(32-17)22(4-5-29)9-35(10-22)18-7-15(24)14(6-16(18)25)20(36)31-13(3)23(26,27)28/h6-8,13,21H,4,9-10H2,1-3H3,(H,31,36)(H,33,34)/t13-,21?/m0/s1. The Kier molecular flexibility index (Phi) is 6.32. The number of carbonyl (C=O) groups is 1. The van der Waals surface area contributed by atoms with Gasteiger partial charge in [0.15, 0.2) is 0 Å². The summed E-state index contributed by atoms with van der Waals surface area (Å²) < 4.78 is 67.6. The summed E-state index contributed by atoms with van der Waals surface area (Å²) >= 11 is 0. The number of aryl methyl sites for hydroxylation is 2. The van der Waals surface area contributed by atoms with E-state index in [-0.39, 0.29) is 25.2 Å². The zero-order valence-corrected chi connectivity index (χ0v) is 19.5. The summed E-state index contributed by atoms with van der Waals surface area (Å²) in [6.07, 6.45) is -3.68. The first-order valence-corrected chi connectivity index (χ1v) is 11.0. The van der Waals surface area contributed by atoms with Crippen molar-refractivity contribution in [3.63, 3.8) is 0 Å². The lowest BCUT2D eigenvalue weighted by atomic mass is 9.74.